The van der Waals surface area contributed by atoms with Gasteiger partial charge in [0, 0.05) is 25.4 Å². The van der Waals surface area contributed by atoms with E-state index in [-0.39, 0.29) is 17.9 Å². The SMILES string of the molecule is O=C(NC1CCCCC1)[C@H](Cc1ccccc1)N(Cc1ccccc1)C(=O)CCCOc1ccccc1. The average molecular weight is 499 g/mol. The minimum absolute atomic E-state index is 0.0276. The van der Waals surface area contributed by atoms with Gasteiger partial charge in [-0.05, 0) is 42.5 Å². The van der Waals surface area contributed by atoms with Crippen molar-refractivity contribution in [3.05, 3.63) is 102 Å². The predicted octanol–water partition coefficient (Wildman–Crippen LogP) is 5.93. The van der Waals surface area contributed by atoms with Gasteiger partial charge < -0.3 is 15.0 Å². The highest BCUT2D eigenvalue weighted by atomic mass is 16.5. The average Bonchev–Trinajstić information content (AvgIpc) is 2.95. The lowest BCUT2D eigenvalue weighted by molar-refractivity contribution is -0.141. The second-order valence-corrected chi connectivity index (χ2v) is 9.82. The molecule has 0 aromatic heterocycles. The summed E-state index contributed by atoms with van der Waals surface area (Å²) in [7, 11) is 0. The first-order valence-electron chi connectivity index (χ1n) is 13.5. The quantitative estimate of drug-likeness (QED) is 0.315. The topological polar surface area (TPSA) is 58.6 Å². The van der Waals surface area contributed by atoms with Crippen molar-refractivity contribution in [3.63, 3.8) is 0 Å². The Labute approximate surface area is 220 Å². The molecule has 0 unspecified atom stereocenters. The molecule has 1 saturated carbocycles. The maximum Gasteiger partial charge on any atom is 0.243 e. The lowest BCUT2D eigenvalue weighted by Gasteiger charge is -2.33. The number of nitrogens with zero attached hydrogens (tertiary/aromatic N) is 1. The summed E-state index contributed by atoms with van der Waals surface area (Å²) < 4.78 is 5.81. The van der Waals surface area contributed by atoms with Crippen molar-refractivity contribution in [1.82, 2.24) is 10.2 Å². The molecule has 0 saturated heterocycles. The smallest absolute Gasteiger partial charge is 0.243 e. The molecule has 194 valence electrons. The van der Waals surface area contributed by atoms with Gasteiger partial charge in [-0.2, -0.15) is 0 Å². The first-order chi connectivity index (χ1) is 18.2. The van der Waals surface area contributed by atoms with E-state index in [4.69, 9.17) is 4.74 Å². The van der Waals surface area contributed by atoms with Gasteiger partial charge in [-0.15, -0.1) is 0 Å². The second-order valence-electron chi connectivity index (χ2n) is 9.82. The molecule has 1 aliphatic carbocycles. The van der Waals surface area contributed by atoms with Crippen molar-refractivity contribution < 1.29 is 14.3 Å². The third-order valence-corrected chi connectivity index (χ3v) is 6.97. The molecule has 0 aliphatic heterocycles. The number of rotatable bonds is 12. The van der Waals surface area contributed by atoms with E-state index >= 15 is 0 Å². The molecule has 1 atom stereocenters. The van der Waals surface area contributed by atoms with E-state index in [0.29, 0.717) is 32.4 Å². The van der Waals surface area contributed by atoms with Gasteiger partial charge in [0.25, 0.3) is 0 Å². The molecule has 1 N–H and O–H groups in total. The molecule has 1 fully saturated rings. The van der Waals surface area contributed by atoms with Crippen LogP contribution in [-0.4, -0.2) is 35.4 Å². The van der Waals surface area contributed by atoms with Crippen LogP contribution in [0.3, 0.4) is 0 Å². The number of ether oxygens (including phenoxy) is 1. The van der Waals surface area contributed by atoms with Gasteiger partial charge in [0.1, 0.15) is 11.8 Å². The van der Waals surface area contributed by atoms with E-state index in [9.17, 15) is 9.59 Å². The van der Waals surface area contributed by atoms with Crippen LogP contribution in [0.2, 0.25) is 0 Å². The highest BCUT2D eigenvalue weighted by molar-refractivity contribution is 5.88. The van der Waals surface area contributed by atoms with Crippen LogP contribution in [0.5, 0.6) is 5.75 Å². The van der Waals surface area contributed by atoms with Crippen molar-refractivity contribution in [1.29, 1.82) is 0 Å². The summed E-state index contributed by atoms with van der Waals surface area (Å²) in [6.45, 7) is 0.849. The number of benzene rings is 3. The number of hydrogen-bond acceptors (Lipinski definition) is 3. The monoisotopic (exact) mass is 498 g/mol. The first-order valence-corrected chi connectivity index (χ1v) is 13.5. The zero-order chi connectivity index (χ0) is 25.7. The van der Waals surface area contributed by atoms with Crippen molar-refractivity contribution >= 4 is 11.8 Å². The van der Waals surface area contributed by atoms with Gasteiger partial charge in [-0.1, -0.05) is 98.1 Å². The summed E-state index contributed by atoms with van der Waals surface area (Å²) in [6.07, 6.45) is 6.91. The molecular formula is C32H38N2O3. The Hall–Kier alpha value is -3.60. The Kier molecular flexibility index (Phi) is 10.2. The molecule has 3 aromatic rings. The van der Waals surface area contributed by atoms with Crippen LogP contribution in [0.15, 0.2) is 91.0 Å². The fraction of sp³-hybridized carbons (Fsp3) is 0.375. The molecule has 0 spiro atoms. The van der Waals surface area contributed by atoms with Crippen LogP contribution in [0.25, 0.3) is 0 Å². The minimum Gasteiger partial charge on any atom is -0.494 e. The van der Waals surface area contributed by atoms with E-state index < -0.39 is 6.04 Å². The van der Waals surface area contributed by atoms with Crippen LogP contribution in [0, 0.1) is 0 Å². The molecule has 1 aliphatic rings. The summed E-state index contributed by atoms with van der Waals surface area (Å²) in [5.41, 5.74) is 2.06. The van der Waals surface area contributed by atoms with E-state index in [1.54, 1.807) is 4.90 Å². The number of carbonyl (C=O) groups excluding carboxylic acids is 2. The molecule has 3 aromatic carbocycles. The van der Waals surface area contributed by atoms with Crippen LogP contribution < -0.4 is 10.1 Å². The molecule has 0 heterocycles. The standard InChI is InChI=1S/C32H38N2O3/c35-31(22-13-23-37-29-20-11-4-12-21-29)34(25-27-16-7-2-8-17-27)30(24-26-14-5-1-6-15-26)32(36)33-28-18-9-3-10-19-28/h1-2,4-8,11-12,14-17,20-21,28,30H,3,9-10,13,18-19,22-25H2,(H,33,36)/t30-/m0/s1. The van der Waals surface area contributed by atoms with Crippen LogP contribution in [0.4, 0.5) is 0 Å². The Morgan fingerprint density at radius 2 is 1.41 bits per heavy atom. The summed E-state index contributed by atoms with van der Waals surface area (Å²) >= 11 is 0. The maximum atomic E-state index is 13.7. The third kappa shape index (κ3) is 8.49. The molecule has 5 nitrogen and oxygen atoms in total. The number of nitrogens with one attached hydrogen (secondary N) is 1. The fourth-order valence-corrected chi connectivity index (χ4v) is 4.95. The molecule has 5 heteroatoms. The molecule has 37 heavy (non-hydrogen) atoms. The first kappa shape index (κ1) is 26.5. The molecular weight excluding hydrogens is 460 g/mol. The lowest BCUT2D eigenvalue weighted by atomic mass is 9.94. The third-order valence-electron chi connectivity index (χ3n) is 6.97. The molecule has 4 rings (SSSR count). The van der Waals surface area contributed by atoms with Gasteiger partial charge in [0.15, 0.2) is 0 Å². The molecule has 0 bridgehead atoms. The largest absolute Gasteiger partial charge is 0.494 e. The van der Waals surface area contributed by atoms with Gasteiger partial charge in [-0.25, -0.2) is 0 Å². The number of amides is 2. The zero-order valence-corrected chi connectivity index (χ0v) is 21.6. The minimum atomic E-state index is -0.577. The molecule has 0 radical (unpaired) electrons. The van der Waals surface area contributed by atoms with E-state index in [2.05, 4.69) is 5.32 Å². The summed E-state index contributed by atoms with van der Waals surface area (Å²) in [6, 6.07) is 29.2. The van der Waals surface area contributed by atoms with Gasteiger partial charge in [0.05, 0.1) is 6.61 Å². The van der Waals surface area contributed by atoms with E-state index in [1.165, 1.54) is 6.42 Å². The maximum absolute atomic E-state index is 13.7. The van der Waals surface area contributed by atoms with Crippen molar-refractivity contribution in [2.75, 3.05) is 6.61 Å². The predicted molar refractivity (Wildman–Crippen MR) is 147 cm³/mol. The van der Waals surface area contributed by atoms with E-state index in [0.717, 1.165) is 42.6 Å². The van der Waals surface area contributed by atoms with Gasteiger partial charge in [-0.3, -0.25) is 9.59 Å². The van der Waals surface area contributed by atoms with Crippen LogP contribution in [-0.2, 0) is 22.6 Å². The summed E-state index contributed by atoms with van der Waals surface area (Å²) in [5.74, 6) is 0.714. The van der Waals surface area contributed by atoms with Crippen LogP contribution >= 0.6 is 0 Å². The second kappa shape index (κ2) is 14.2. The van der Waals surface area contributed by atoms with Crippen molar-refractivity contribution in [3.8, 4) is 5.75 Å². The summed E-state index contributed by atoms with van der Waals surface area (Å²) in [5, 5.41) is 3.29. The number of para-hydroxylation sites is 1. The lowest BCUT2D eigenvalue weighted by Crippen LogP contribution is -2.52. The van der Waals surface area contributed by atoms with Crippen LogP contribution in [0.1, 0.15) is 56.1 Å². The number of carbonyl (C=O) groups is 2. The van der Waals surface area contributed by atoms with Gasteiger partial charge in [0.2, 0.25) is 11.8 Å². The molecule has 2 amide bonds. The Morgan fingerprint density at radius 3 is 2.05 bits per heavy atom. The Morgan fingerprint density at radius 1 is 0.811 bits per heavy atom. The van der Waals surface area contributed by atoms with Crippen molar-refractivity contribution in [2.24, 2.45) is 0 Å². The zero-order valence-electron chi connectivity index (χ0n) is 21.6. The number of hydrogen-bond donors (Lipinski definition) is 1. The normalized spacial score (nSPS) is 14.5. The van der Waals surface area contributed by atoms with Crippen molar-refractivity contribution in [2.45, 2.75) is 70.0 Å². The van der Waals surface area contributed by atoms with E-state index in [1.807, 2.05) is 91.0 Å². The highest BCUT2D eigenvalue weighted by Crippen LogP contribution is 2.20. The fourth-order valence-electron chi connectivity index (χ4n) is 4.95. The Balaban J connectivity index is 1.50. The summed E-state index contributed by atoms with van der Waals surface area (Å²) in [4.78, 5) is 29.2. The van der Waals surface area contributed by atoms with Gasteiger partial charge >= 0.3 is 0 Å². The Bertz CT molecular complexity index is 1080. The highest BCUT2D eigenvalue weighted by Gasteiger charge is 2.31.